The molecule has 0 saturated carbocycles. The molecule has 0 aliphatic carbocycles. The van der Waals surface area contributed by atoms with Crippen molar-refractivity contribution < 1.29 is 18.3 Å². The van der Waals surface area contributed by atoms with Gasteiger partial charge in [-0.15, -0.1) is 11.3 Å². The number of hydrogen-bond acceptors (Lipinski definition) is 4. The Balaban J connectivity index is 2.21. The lowest BCUT2D eigenvalue weighted by atomic mass is 10.1. The van der Waals surface area contributed by atoms with E-state index < -0.39 is 11.6 Å². The molecule has 0 fully saturated rings. The molecule has 0 spiro atoms. The van der Waals surface area contributed by atoms with Crippen molar-refractivity contribution in [1.82, 2.24) is 4.98 Å². The van der Waals surface area contributed by atoms with E-state index in [9.17, 15) is 13.6 Å². The highest BCUT2D eigenvalue weighted by molar-refractivity contribution is 7.10. The van der Waals surface area contributed by atoms with Crippen LogP contribution in [0.15, 0.2) is 23.6 Å². The van der Waals surface area contributed by atoms with E-state index in [4.69, 9.17) is 4.74 Å². The molecule has 0 bridgehead atoms. The first-order chi connectivity index (χ1) is 9.11. The van der Waals surface area contributed by atoms with Gasteiger partial charge >= 0.3 is 5.97 Å². The molecular weight excluding hydrogens is 272 g/mol. The highest BCUT2D eigenvalue weighted by atomic mass is 32.1. The molecule has 100 valence electrons. The molecule has 0 atom stereocenters. The van der Waals surface area contributed by atoms with Gasteiger partial charge in [0.15, 0.2) is 11.6 Å². The molecule has 1 heterocycles. The lowest BCUT2D eigenvalue weighted by Gasteiger charge is -2.00. The van der Waals surface area contributed by atoms with Gasteiger partial charge in [-0.2, -0.15) is 0 Å². The number of nitrogens with zero attached hydrogens (tertiary/aromatic N) is 1. The van der Waals surface area contributed by atoms with Crippen molar-refractivity contribution in [3.05, 3.63) is 40.2 Å². The summed E-state index contributed by atoms with van der Waals surface area (Å²) in [5.74, 6) is -2.24. The van der Waals surface area contributed by atoms with Crippen molar-refractivity contribution in [1.29, 1.82) is 0 Å². The average molecular weight is 283 g/mol. The number of hydrogen-bond donors (Lipinski definition) is 0. The summed E-state index contributed by atoms with van der Waals surface area (Å²) in [5, 5.41) is 2.10. The van der Waals surface area contributed by atoms with Gasteiger partial charge in [0.1, 0.15) is 5.01 Å². The topological polar surface area (TPSA) is 39.2 Å². The number of benzene rings is 1. The number of halogens is 2. The van der Waals surface area contributed by atoms with Crippen LogP contribution in [0.5, 0.6) is 0 Å². The number of esters is 1. The quantitative estimate of drug-likeness (QED) is 0.809. The lowest BCUT2D eigenvalue weighted by Crippen LogP contribution is -2.07. The van der Waals surface area contributed by atoms with E-state index in [1.54, 1.807) is 12.3 Å². The number of thiazole rings is 1. The van der Waals surface area contributed by atoms with Crippen LogP contribution in [0, 0.1) is 11.6 Å². The van der Waals surface area contributed by atoms with Crippen LogP contribution in [0.3, 0.4) is 0 Å². The fourth-order valence-corrected chi connectivity index (χ4v) is 2.33. The molecule has 0 amide bonds. The Morgan fingerprint density at radius 1 is 1.42 bits per heavy atom. The van der Waals surface area contributed by atoms with Gasteiger partial charge < -0.3 is 4.74 Å². The third-order valence-corrected chi connectivity index (χ3v) is 3.23. The van der Waals surface area contributed by atoms with E-state index in [1.165, 1.54) is 23.5 Å². The van der Waals surface area contributed by atoms with Gasteiger partial charge in [-0.05, 0) is 19.1 Å². The molecule has 0 radical (unpaired) electrons. The lowest BCUT2D eigenvalue weighted by molar-refractivity contribution is -0.142. The van der Waals surface area contributed by atoms with E-state index in [0.29, 0.717) is 17.3 Å². The fourth-order valence-electron chi connectivity index (χ4n) is 1.55. The standard InChI is InChI=1S/C13H11F2NO2S/c1-2-18-12(17)6-11-16-10(7-19-11)8-4-3-5-9(14)13(8)15/h3-5,7H,2,6H2,1H3. The Hall–Kier alpha value is -1.82. The van der Waals surface area contributed by atoms with Crippen molar-refractivity contribution >= 4 is 17.3 Å². The summed E-state index contributed by atoms with van der Waals surface area (Å²) in [7, 11) is 0. The van der Waals surface area contributed by atoms with Gasteiger partial charge in [0.2, 0.25) is 0 Å². The molecule has 19 heavy (non-hydrogen) atoms. The van der Waals surface area contributed by atoms with Crippen molar-refractivity contribution in [2.45, 2.75) is 13.3 Å². The molecule has 2 aromatic rings. The predicted molar refractivity (Wildman–Crippen MR) is 67.8 cm³/mol. The van der Waals surface area contributed by atoms with Gasteiger partial charge in [0.05, 0.1) is 18.7 Å². The highest BCUT2D eigenvalue weighted by Crippen LogP contribution is 2.26. The number of carbonyl (C=O) groups is 1. The molecule has 3 nitrogen and oxygen atoms in total. The molecule has 0 saturated heterocycles. The van der Waals surface area contributed by atoms with E-state index >= 15 is 0 Å². The maximum absolute atomic E-state index is 13.6. The second-order valence-corrected chi connectivity index (χ2v) is 4.65. The Labute approximate surface area is 112 Å². The van der Waals surface area contributed by atoms with Crippen LogP contribution < -0.4 is 0 Å². The van der Waals surface area contributed by atoms with Crippen molar-refractivity contribution in [2.24, 2.45) is 0 Å². The predicted octanol–water partition coefficient (Wildman–Crippen LogP) is 3.19. The maximum Gasteiger partial charge on any atom is 0.312 e. The molecule has 2 rings (SSSR count). The second kappa shape index (κ2) is 5.88. The first-order valence-corrected chi connectivity index (χ1v) is 6.54. The van der Waals surface area contributed by atoms with Crippen molar-refractivity contribution in [3.8, 4) is 11.3 Å². The van der Waals surface area contributed by atoms with Crippen LogP contribution in [0.4, 0.5) is 8.78 Å². The van der Waals surface area contributed by atoms with E-state index in [1.807, 2.05) is 0 Å². The largest absolute Gasteiger partial charge is 0.466 e. The third kappa shape index (κ3) is 3.14. The minimum Gasteiger partial charge on any atom is -0.466 e. The van der Waals surface area contributed by atoms with Crippen LogP contribution in [0.1, 0.15) is 11.9 Å². The van der Waals surface area contributed by atoms with Crippen LogP contribution in [0.25, 0.3) is 11.3 Å². The Morgan fingerprint density at radius 2 is 2.21 bits per heavy atom. The summed E-state index contributed by atoms with van der Waals surface area (Å²) in [4.78, 5) is 15.4. The Morgan fingerprint density at radius 3 is 2.95 bits per heavy atom. The molecule has 0 N–H and O–H groups in total. The molecule has 1 aromatic heterocycles. The van der Waals surface area contributed by atoms with E-state index in [-0.39, 0.29) is 18.0 Å². The van der Waals surface area contributed by atoms with Gasteiger partial charge in [0.25, 0.3) is 0 Å². The summed E-state index contributed by atoms with van der Waals surface area (Å²) in [6.45, 7) is 2.02. The third-order valence-electron chi connectivity index (χ3n) is 2.38. The number of ether oxygens (including phenoxy) is 1. The van der Waals surface area contributed by atoms with Gasteiger partial charge in [-0.1, -0.05) is 6.07 Å². The Bertz CT molecular complexity index is 598. The summed E-state index contributed by atoms with van der Waals surface area (Å²) >= 11 is 1.21. The van der Waals surface area contributed by atoms with E-state index in [0.717, 1.165) is 6.07 Å². The number of carbonyl (C=O) groups excluding carboxylic acids is 1. The first-order valence-electron chi connectivity index (χ1n) is 5.66. The second-order valence-electron chi connectivity index (χ2n) is 3.71. The fraction of sp³-hybridized carbons (Fsp3) is 0.231. The SMILES string of the molecule is CCOC(=O)Cc1nc(-c2cccc(F)c2F)cs1. The molecule has 0 aliphatic rings. The zero-order chi connectivity index (χ0) is 13.8. The molecule has 1 aromatic carbocycles. The molecule has 0 unspecified atom stereocenters. The van der Waals surface area contributed by atoms with Gasteiger partial charge in [-0.3, -0.25) is 4.79 Å². The molecule has 6 heteroatoms. The summed E-state index contributed by atoms with van der Waals surface area (Å²) < 4.78 is 31.5. The van der Waals surface area contributed by atoms with Crippen LogP contribution in [-0.4, -0.2) is 17.6 Å². The normalized spacial score (nSPS) is 10.5. The first kappa shape index (κ1) is 13.6. The zero-order valence-corrected chi connectivity index (χ0v) is 11.0. The minimum absolute atomic E-state index is 0.0371. The van der Waals surface area contributed by atoms with Crippen molar-refractivity contribution in [2.75, 3.05) is 6.61 Å². The molecular formula is C13H11F2NO2S. The minimum atomic E-state index is -0.935. The number of aromatic nitrogens is 1. The summed E-state index contributed by atoms with van der Waals surface area (Å²) in [5.41, 5.74) is 0.410. The average Bonchev–Trinajstić information content (AvgIpc) is 2.81. The van der Waals surface area contributed by atoms with Gasteiger partial charge in [-0.25, -0.2) is 13.8 Å². The van der Waals surface area contributed by atoms with E-state index in [2.05, 4.69) is 4.98 Å². The summed E-state index contributed by atoms with van der Waals surface area (Å²) in [6, 6.07) is 3.91. The summed E-state index contributed by atoms with van der Waals surface area (Å²) in [6.07, 6.45) is 0.0371. The highest BCUT2D eigenvalue weighted by Gasteiger charge is 2.14. The van der Waals surface area contributed by atoms with Gasteiger partial charge in [0, 0.05) is 10.9 Å². The maximum atomic E-state index is 13.6. The van der Waals surface area contributed by atoms with Crippen LogP contribution in [0.2, 0.25) is 0 Å². The Kier molecular flexibility index (Phi) is 4.21. The van der Waals surface area contributed by atoms with Crippen LogP contribution in [-0.2, 0) is 16.0 Å². The van der Waals surface area contributed by atoms with Crippen molar-refractivity contribution in [3.63, 3.8) is 0 Å². The monoisotopic (exact) mass is 283 g/mol. The molecule has 0 aliphatic heterocycles. The zero-order valence-electron chi connectivity index (χ0n) is 10.2. The smallest absolute Gasteiger partial charge is 0.312 e. The number of rotatable bonds is 4. The van der Waals surface area contributed by atoms with Crippen LogP contribution >= 0.6 is 11.3 Å².